The van der Waals surface area contributed by atoms with Crippen LogP contribution in [0.25, 0.3) is 110 Å². The van der Waals surface area contributed by atoms with Crippen molar-refractivity contribution >= 4 is 54.4 Å². The average molecular weight is 725 g/mol. The Kier molecular flexibility index (Phi) is 6.00. The molecule has 0 unspecified atom stereocenters. The fraction of sp³-hybridized carbons (Fsp3) is 0.0545. The molecule has 0 amide bonds. The molecule has 2 aliphatic carbocycles. The van der Waals surface area contributed by atoms with Crippen molar-refractivity contribution in [2.45, 2.75) is 19.3 Å². The van der Waals surface area contributed by atoms with Crippen LogP contribution in [0.5, 0.6) is 0 Å². The zero-order valence-corrected chi connectivity index (χ0v) is 31.7. The quantitative estimate of drug-likeness (QED) is 0.172. The molecule has 2 aliphatic rings. The maximum atomic E-state index is 2.48. The fourth-order valence-corrected chi connectivity index (χ4v) is 10.7. The molecule has 9 aromatic carbocycles. The van der Waals surface area contributed by atoms with Gasteiger partial charge in [-0.15, -0.1) is 0 Å². The molecule has 11 aromatic rings. The van der Waals surface area contributed by atoms with E-state index < -0.39 is 0 Å². The molecule has 0 bridgehead atoms. The Balaban J connectivity index is 0.976. The number of fused-ring (bicyclic) bond motifs is 12. The zero-order chi connectivity index (χ0) is 37.6. The maximum absolute atomic E-state index is 2.48. The summed E-state index contributed by atoms with van der Waals surface area (Å²) < 4.78 is 4.94. The first-order valence-corrected chi connectivity index (χ1v) is 20.0. The van der Waals surface area contributed by atoms with Crippen LogP contribution in [0.1, 0.15) is 25.0 Å². The third-order valence-corrected chi connectivity index (χ3v) is 13.3. The predicted molar refractivity (Wildman–Crippen MR) is 240 cm³/mol. The molecular weight excluding hydrogens is 689 g/mol. The summed E-state index contributed by atoms with van der Waals surface area (Å²) in [6.07, 6.45) is 0. The van der Waals surface area contributed by atoms with Gasteiger partial charge in [-0.1, -0.05) is 141 Å². The van der Waals surface area contributed by atoms with Gasteiger partial charge in [-0.3, -0.25) is 0 Å². The highest BCUT2D eigenvalue weighted by atomic mass is 15.0. The standard InChI is InChI=1S/C55H36N2/c1-55(2)47-19-8-5-14-38(47)39-25-24-35(32-48(39)55)56-49-20-9-6-15-40(49)45-30-33(22-27-52(45)56)34-23-28-53-46(31-34)41-16-7-10-21-50(41)57(53)51-29-26-43-37-13-4-3-12-36(37)42-17-11-18-44(51)54(42)43/h3-32H,1-2H3. The summed E-state index contributed by atoms with van der Waals surface area (Å²) in [5, 5.41) is 7.69. The Bertz CT molecular complexity index is 3520. The van der Waals surface area contributed by atoms with Crippen molar-refractivity contribution in [2.24, 2.45) is 0 Å². The smallest absolute Gasteiger partial charge is 0.0541 e. The Labute approximate surface area is 330 Å². The van der Waals surface area contributed by atoms with Gasteiger partial charge in [0.2, 0.25) is 0 Å². The largest absolute Gasteiger partial charge is 0.309 e. The van der Waals surface area contributed by atoms with Crippen molar-refractivity contribution < 1.29 is 0 Å². The summed E-state index contributed by atoms with van der Waals surface area (Å²) in [4.78, 5) is 0. The lowest BCUT2D eigenvalue weighted by Crippen LogP contribution is -2.15. The van der Waals surface area contributed by atoms with Gasteiger partial charge in [0, 0.05) is 38.0 Å². The molecule has 266 valence electrons. The van der Waals surface area contributed by atoms with Crippen LogP contribution in [0.3, 0.4) is 0 Å². The Hall–Kier alpha value is -7.16. The first kappa shape index (κ1) is 31.1. The molecule has 2 aromatic heterocycles. The highest BCUT2D eigenvalue weighted by Crippen LogP contribution is 2.51. The number of nitrogens with zero attached hydrogens (tertiary/aromatic N) is 2. The molecule has 0 saturated carbocycles. The van der Waals surface area contributed by atoms with Crippen LogP contribution in [-0.2, 0) is 5.41 Å². The van der Waals surface area contributed by atoms with E-state index in [2.05, 4.69) is 205 Å². The zero-order valence-electron chi connectivity index (χ0n) is 31.7. The molecule has 2 nitrogen and oxygen atoms in total. The second-order valence-corrected chi connectivity index (χ2v) is 16.5. The molecule has 0 spiro atoms. The summed E-state index contributed by atoms with van der Waals surface area (Å²) in [5.74, 6) is 0. The first-order chi connectivity index (χ1) is 28.0. The second-order valence-electron chi connectivity index (χ2n) is 16.5. The van der Waals surface area contributed by atoms with Crippen molar-refractivity contribution in [1.29, 1.82) is 0 Å². The van der Waals surface area contributed by atoms with E-state index in [9.17, 15) is 0 Å². The molecule has 0 N–H and O–H groups in total. The summed E-state index contributed by atoms with van der Waals surface area (Å²) in [7, 11) is 0. The number of para-hydroxylation sites is 2. The molecule has 0 fully saturated rings. The lowest BCUT2D eigenvalue weighted by molar-refractivity contribution is 0.660. The minimum Gasteiger partial charge on any atom is -0.309 e. The minimum atomic E-state index is -0.0597. The summed E-state index contributed by atoms with van der Waals surface area (Å²) >= 11 is 0. The van der Waals surface area contributed by atoms with E-state index in [1.807, 2.05) is 0 Å². The Morgan fingerprint density at radius 1 is 0.333 bits per heavy atom. The van der Waals surface area contributed by atoms with Crippen LogP contribution in [0, 0.1) is 0 Å². The van der Waals surface area contributed by atoms with Crippen LogP contribution in [-0.4, -0.2) is 9.13 Å². The van der Waals surface area contributed by atoms with Crippen molar-refractivity contribution in [2.75, 3.05) is 0 Å². The second kappa shape index (κ2) is 11.0. The topological polar surface area (TPSA) is 9.86 Å². The normalized spacial score (nSPS) is 13.6. The van der Waals surface area contributed by atoms with E-state index in [4.69, 9.17) is 0 Å². The van der Waals surface area contributed by atoms with Gasteiger partial charge < -0.3 is 9.13 Å². The van der Waals surface area contributed by atoms with Gasteiger partial charge in [-0.25, -0.2) is 0 Å². The van der Waals surface area contributed by atoms with Crippen LogP contribution in [0.4, 0.5) is 0 Å². The Morgan fingerprint density at radius 2 is 0.842 bits per heavy atom. The fourth-order valence-electron chi connectivity index (χ4n) is 10.7. The molecule has 13 rings (SSSR count). The van der Waals surface area contributed by atoms with Crippen LogP contribution in [0.2, 0.25) is 0 Å². The summed E-state index contributed by atoms with van der Waals surface area (Å²) in [5.41, 5.74) is 20.5. The first-order valence-electron chi connectivity index (χ1n) is 20.0. The Morgan fingerprint density at radius 3 is 1.56 bits per heavy atom. The van der Waals surface area contributed by atoms with E-state index >= 15 is 0 Å². The lowest BCUT2D eigenvalue weighted by Gasteiger charge is -2.22. The number of benzene rings is 9. The number of rotatable bonds is 3. The van der Waals surface area contributed by atoms with Crippen molar-refractivity contribution in [1.82, 2.24) is 9.13 Å². The van der Waals surface area contributed by atoms with Gasteiger partial charge in [-0.2, -0.15) is 0 Å². The van der Waals surface area contributed by atoms with Crippen molar-refractivity contribution in [3.63, 3.8) is 0 Å². The third kappa shape index (κ3) is 4.04. The van der Waals surface area contributed by atoms with Crippen LogP contribution >= 0.6 is 0 Å². The number of hydrogen-bond donors (Lipinski definition) is 0. The lowest BCUT2D eigenvalue weighted by atomic mass is 9.82. The predicted octanol–water partition coefficient (Wildman–Crippen LogP) is 14.7. The minimum absolute atomic E-state index is 0.0597. The highest BCUT2D eigenvalue weighted by molar-refractivity contribution is 6.19. The maximum Gasteiger partial charge on any atom is 0.0541 e. The molecule has 0 saturated heterocycles. The summed E-state index contributed by atoms with van der Waals surface area (Å²) in [6.45, 7) is 4.72. The van der Waals surface area contributed by atoms with Gasteiger partial charge in [0.25, 0.3) is 0 Å². The van der Waals surface area contributed by atoms with Gasteiger partial charge in [-0.05, 0) is 116 Å². The molecule has 2 heteroatoms. The SMILES string of the molecule is CC1(C)c2ccccc2-c2ccc(-n3c4ccccc4c4cc(-c5ccc6c(c5)c5ccccc5n6-c5ccc6c7c(cccc57)-c5ccccc5-6)ccc43)cc21. The third-order valence-electron chi connectivity index (χ3n) is 13.3. The average Bonchev–Trinajstić information content (AvgIpc) is 3.95. The van der Waals surface area contributed by atoms with Gasteiger partial charge in [0.1, 0.15) is 0 Å². The van der Waals surface area contributed by atoms with Crippen molar-refractivity contribution in [3.05, 3.63) is 193 Å². The number of hydrogen-bond acceptors (Lipinski definition) is 0. The van der Waals surface area contributed by atoms with Crippen LogP contribution in [0.15, 0.2) is 182 Å². The van der Waals surface area contributed by atoms with Gasteiger partial charge in [0.05, 0.1) is 27.8 Å². The van der Waals surface area contributed by atoms with E-state index in [1.165, 1.54) is 121 Å². The molecular formula is C55H36N2. The molecule has 0 radical (unpaired) electrons. The summed E-state index contributed by atoms with van der Waals surface area (Å²) in [6, 6.07) is 68.1. The van der Waals surface area contributed by atoms with E-state index in [0.717, 1.165) is 0 Å². The van der Waals surface area contributed by atoms with E-state index in [0.29, 0.717) is 0 Å². The van der Waals surface area contributed by atoms with Crippen LogP contribution < -0.4 is 0 Å². The van der Waals surface area contributed by atoms with Gasteiger partial charge in [0.15, 0.2) is 0 Å². The molecule has 57 heavy (non-hydrogen) atoms. The van der Waals surface area contributed by atoms with Crippen molar-refractivity contribution in [3.8, 4) is 55.9 Å². The van der Waals surface area contributed by atoms with E-state index in [-0.39, 0.29) is 5.41 Å². The molecule has 2 heterocycles. The van der Waals surface area contributed by atoms with E-state index in [1.54, 1.807) is 0 Å². The number of aromatic nitrogens is 2. The molecule has 0 aliphatic heterocycles. The molecule has 0 atom stereocenters. The van der Waals surface area contributed by atoms with Gasteiger partial charge >= 0.3 is 0 Å². The highest BCUT2D eigenvalue weighted by Gasteiger charge is 2.35. The monoisotopic (exact) mass is 724 g/mol.